The molecule has 4 rings (SSSR count). The first-order chi connectivity index (χ1) is 20.8. The van der Waals surface area contributed by atoms with Crippen LogP contribution in [0.2, 0.25) is 5.02 Å². The SMILES string of the molecule is CCC(C(=O)NC1CCCC1)N(Cc1ccccc1C)C(=O)CN(c1cc(C(F)(F)F)ccc1Cl)S(=O)(=O)c1ccccc1. The summed E-state index contributed by atoms with van der Waals surface area (Å²) in [5.41, 5.74) is -0.0386. The van der Waals surface area contributed by atoms with Crippen LogP contribution in [0.5, 0.6) is 0 Å². The number of nitrogens with one attached hydrogen (secondary N) is 1. The van der Waals surface area contributed by atoms with Gasteiger partial charge in [0.05, 0.1) is 21.2 Å². The van der Waals surface area contributed by atoms with Gasteiger partial charge in [0.2, 0.25) is 11.8 Å². The van der Waals surface area contributed by atoms with Gasteiger partial charge in [0.25, 0.3) is 10.0 Å². The molecule has 3 aromatic rings. The molecule has 1 atom stereocenters. The number of hydrogen-bond donors (Lipinski definition) is 1. The van der Waals surface area contributed by atoms with Crippen molar-refractivity contribution in [3.63, 3.8) is 0 Å². The molecule has 0 saturated heterocycles. The molecule has 3 aromatic carbocycles. The zero-order chi connectivity index (χ0) is 32.1. The fraction of sp³-hybridized carbons (Fsp3) is 0.375. The van der Waals surface area contributed by atoms with Crippen LogP contribution in [-0.4, -0.2) is 43.8 Å². The third-order valence-electron chi connectivity index (χ3n) is 7.84. The van der Waals surface area contributed by atoms with E-state index in [0.717, 1.165) is 48.9 Å². The predicted octanol–water partition coefficient (Wildman–Crippen LogP) is 6.73. The molecule has 1 unspecified atom stereocenters. The van der Waals surface area contributed by atoms with Crippen molar-refractivity contribution in [2.45, 2.75) is 75.7 Å². The number of halogens is 4. The lowest BCUT2D eigenvalue weighted by Gasteiger charge is -2.34. The van der Waals surface area contributed by atoms with Crippen molar-refractivity contribution < 1.29 is 31.2 Å². The number of benzene rings is 3. The molecule has 0 bridgehead atoms. The third-order valence-corrected chi connectivity index (χ3v) is 9.94. The Morgan fingerprint density at radius 2 is 1.64 bits per heavy atom. The number of nitrogens with zero attached hydrogens (tertiary/aromatic N) is 2. The molecule has 1 aliphatic rings. The molecule has 0 aromatic heterocycles. The molecule has 0 radical (unpaired) electrons. The van der Waals surface area contributed by atoms with E-state index in [-0.39, 0.29) is 34.8 Å². The maximum atomic E-state index is 14.2. The Hall–Kier alpha value is -3.57. The summed E-state index contributed by atoms with van der Waals surface area (Å²) in [7, 11) is -4.59. The number of alkyl halides is 3. The van der Waals surface area contributed by atoms with Crippen LogP contribution in [0.25, 0.3) is 0 Å². The highest BCUT2D eigenvalue weighted by Crippen LogP contribution is 2.37. The van der Waals surface area contributed by atoms with Crippen LogP contribution < -0.4 is 9.62 Å². The summed E-state index contributed by atoms with van der Waals surface area (Å²) in [5.74, 6) is -1.13. The lowest BCUT2D eigenvalue weighted by atomic mass is 10.1. The second kappa shape index (κ2) is 14.0. The smallest absolute Gasteiger partial charge is 0.352 e. The molecule has 7 nitrogen and oxygen atoms in total. The molecule has 44 heavy (non-hydrogen) atoms. The van der Waals surface area contributed by atoms with Gasteiger partial charge in [0, 0.05) is 12.6 Å². The topological polar surface area (TPSA) is 86.8 Å². The fourth-order valence-electron chi connectivity index (χ4n) is 5.37. The van der Waals surface area contributed by atoms with Gasteiger partial charge in [-0.3, -0.25) is 13.9 Å². The van der Waals surface area contributed by atoms with E-state index in [1.54, 1.807) is 25.1 Å². The van der Waals surface area contributed by atoms with Gasteiger partial charge in [-0.15, -0.1) is 0 Å². The van der Waals surface area contributed by atoms with Gasteiger partial charge in [-0.2, -0.15) is 13.2 Å². The van der Waals surface area contributed by atoms with Gasteiger partial charge >= 0.3 is 6.18 Å². The van der Waals surface area contributed by atoms with E-state index < -0.39 is 45.9 Å². The number of aryl methyl sites for hydroxylation is 1. The van der Waals surface area contributed by atoms with E-state index in [9.17, 15) is 31.2 Å². The Morgan fingerprint density at radius 3 is 2.25 bits per heavy atom. The summed E-state index contributed by atoms with van der Waals surface area (Å²) in [5, 5.41) is 2.74. The first kappa shape index (κ1) is 33.3. The monoisotopic (exact) mass is 649 g/mol. The molecule has 1 fully saturated rings. The molecule has 0 heterocycles. The number of carbonyl (C=O) groups is 2. The first-order valence-electron chi connectivity index (χ1n) is 14.4. The number of amides is 2. The molecule has 0 spiro atoms. The second-order valence-corrected chi connectivity index (χ2v) is 13.1. The molecule has 236 valence electrons. The number of sulfonamides is 1. The molecule has 12 heteroatoms. The maximum absolute atomic E-state index is 14.2. The van der Waals surface area contributed by atoms with Crippen molar-refractivity contribution in [1.29, 1.82) is 0 Å². The van der Waals surface area contributed by atoms with Crippen LogP contribution in [0.1, 0.15) is 55.7 Å². The van der Waals surface area contributed by atoms with E-state index in [1.165, 1.54) is 29.2 Å². The Kier molecular flexibility index (Phi) is 10.6. The van der Waals surface area contributed by atoms with Gasteiger partial charge in [-0.1, -0.05) is 73.8 Å². The van der Waals surface area contributed by atoms with Crippen LogP contribution in [0.4, 0.5) is 18.9 Å². The van der Waals surface area contributed by atoms with E-state index >= 15 is 0 Å². The van der Waals surface area contributed by atoms with Crippen LogP contribution in [0.3, 0.4) is 0 Å². The van der Waals surface area contributed by atoms with Crippen molar-refractivity contribution in [3.05, 3.63) is 94.5 Å². The zero-order valence-electron chi connectivity index (χ0n) is 24.5. The number of anilines is 1. The van der Waals surface area contributed by atoms with Crippen molar-refractivity contribution in [1.82, 2.24) is 10.2 Å². The van der Waals surface area contributed by atoms with Crippen molar-refractivity contribution >= 4 is 39.1 Å². The summed E-state index contributed by atoms with van der Waals surface area (Å²) in [6, 6.07) is 15.7. The van der Waals surface area contributed by atoms with E-state index in [0.29, 0.717) is 10.4 Å². The lowest BCUT2D eigenvalue weighted by molar-refractivity contribution is -0.140. The Labute approximate surface area is 261 Å². The van der Waals surface area contributed by atoms with Crippen LogP contribution in [0.15, 0.2) is 77.7 Å². The molecular weight excluding hydrogens is 615 g/mol. The maximum Gasteiger partial charge on any atom is 0.416 e. The van der Waals surface area contributed by atoms with E-state index in [4.69, 9.17) is 11.6 Å². The van der Waals surface area contributed by atoms with Gasteiger partial charge < -0.3 is 10.2 Å². The zero-order valence-corrected chi connectivity index (χ0v) is 26.1. The average molecular weight is 650 g/mol. The Balaban J connectivity index is 1.79. The quantitative estimate of drug-likeness (QED) is 0.250. The van der Waals surface area contributed by atoms with Crippen molar-refractivity contribution in [2.24, 2.45) is 0 Å². The molecule has 1 aliphatic carbocycles. The third kappa shape index (κ3) is 7.74. The summed E-state index contributed by atoms with van der Waals surface area (Å²) in [6.07, 6.45) is -0.953. The molecule has 1 saturated carbocycles. The minimum atomic E-state index is -4.80. The van der Waals surface area contributed by atoms with Crippen molar-refractivity contribution in [3.8, 4) is 0 Å². The van der Waals surface area contributed by atoms with Gasteiger partial charge in [0.1, 0.15) is 12.6 Å². The highest BCUT2D eigenvalue weighted by atomic mass is 35.5. The highest BCUT2D eigenvalue weighted by molar-refractivity contribution is 7.92. The highest BCUT2D eigenvalue weighted by Gasteiger charge is 2.37. The standard InChI is InChI=1S/C32H35ClF3N3O4S/c1-3-28(31(41)37-25-13-9-10-14-25)38(20-23-12-8-7-11-22(23)2)30(40)21-39(44(42,43)26-15-5-4-6-16-26)29-19-24(32(34,35)36)17-18-27(29)33/h4-8,11-12,15-19,25,28H,3,9-10,13-14,20-21H2,1-2H3,(H,37,41). The largest absolute Gasteiger partial charge is 0.416 e. The Morgan fingerprint density at radius 1 is 1.00 bits per heavy atom. The fourth-order valence-corrected chi connectivity index (χ4v) is 7.09. The predicted molar refractivity (Wildman–Crippen MR) is 164 cm³/mol. The first-order valence-corrected chi connectivity index (χ1v) is 16.2. The average Bonchev–Trinajstić information content (AvgIpc) is 3.50. The van der Waals surface area contributed by atoms with Gasteiger partial charge in [-0.05, 0) is 67.6 Å². The van der Waals surface area contributed by atoms with E-state index in [1.807, 2.05) is 19.1 Å². The van der Waals surface area contributed by atoms with Gasteiger partial charge in [0.15, 0.2) is 0 Å². The molecule has 1 N–H and O–H groups in total. The summed E-state index contributed by atoms with van der Waals surface area (Å²) < 4.78 is 69.7. The number of carbonyl (C=O) groups excluding carboxylic acids is 2. The van der Waals surface area contributed by atoms with E-state index in [2.05, 4.69) is 5.32 Å². The second-order valence-electron chi connectivity index (χ2n) is 10.9. The molecule has 2 amide bonds. The van der Waals surface area contributed by atoms with Crippen LogP contribution in [0, 0.1) is 6.92 Å². The Bertz CT molecular complexity index is 1580. The molecular formula is C32H35ClF3N3O4S. The number of rotatable bonds is 11. The number of hydrogen-bond acceptors (Lipinski definition) is 4. The van der Waals surface area contributed by atoms with Gasteiger partial charge in [-0.25, -0.2) is 8.42 Å². The summed E-state index contributed by atoms with van der Waals surface area (Å²) in [6.45, 7) is 2.69. The lowest BCUT2D eigenvalue weighted by Crippen LogP contribution is -2.53. The van der Waals surface area contributed by atoms with Crippen molar-refractivity contribution in [2.75, 3.05) is 10.8 Å². The van der Waals surface area contributed by atoms with Crippen LogP contribution in [-0.2, 0) is 32.3 Å². The molecule has 0 aliphatic heterocycles. The summed E-state index contributed by atoms with van der Waals surface area (Å²) in [4.78, 5) is 28.9. The van der Waals surface area contributed by atoms with Crippen LogP contribution >= 0.6 is 11.6 Å². The minimum absolute atomic E-state index is 0.0162. The summed E-state index contributed by atoms with van der Waals surface area (Å²) >= 11 is 6.32. The minimum Gasteiger partial charge on any atom is -0.352 e. The normalized spacial score (nSPS) is 14.7.